The summed E-state index contributed by atoms with van der Waals surface area (Å²) in [6, 6.07) is 5.74. The number of carbonyl (C=O) groups excluding carboxylic acids is 1. The fourth-order valence-corrected chi connectivity index (χ4v) is 3.21. The highest BCUT2D eigenvalue weighted by Crippen LogP contribution is 2.36. The second-order valence-electron chi connectivity index (χ2n) is 8.45. The Labute approximate surface area is 158 Å². The molecule has 0 saturated carbocycles. The van der Waals surface area contributed by atoms with Crippen LogP contribution in [-0.2, 0) is 9.31 Å². The lowest BCUT2D eigenvalue weighted by molar-refractivity contribution is 0.00578. The average molecular weight is 361 g/mol. The van der Waals surface area contributed by atoms with E-state index in [0.717, 1.165) is 5.46 Å². The van der Waals surface area contributed by atoms with Crippen LogP contribution in [0.25, 0.3) is 0 Å². The van der Waals surface area contributed by atoms with Crippen molar-refractivity contribution >= 4 is 18.5 Å². The molecule has 1 aliphatic heterocycles. The van der Waals surface area contributed by atoms with E-state index >= 15 is 0 Å². The van der Waals surface area contributed by atoms with E-state index in [-0.39, 0.29) is 18.0 Å². The van der Waals surface area contributed by atoms with E-state index in [1.165, 1.54) is 0 Å². The summed E-state index contributed by atoms with van der Waals surface area (Å²) in [7, 11) is 1.10. The second kappa shape index (κ2) is 7.24. The van der Waals surface area contributed by atoms with Crippen LogP contribution in [0.5, 0.6) is 5.75 Å². The van der Waals surface area contributed by atoms with Crippen LogP contribution < -0.4 is 10.2 Å². The molecule has 1 amide bonds. The fourth-order valence-electron chi connectivity index (χ4n) is 3.21. The minimum Gasteiger partial charge on any atom is -0.496 e. The van der Waals surface area contributed by atoms with Crippen LogP contribution in [0, 0.1) is 0 Å². The van der Waals surface area contributed by atoms with Crippen molar-refractivity contribution in [3.05, 3.63) is 23.8 Å². The molecule has 1 fully saturated rings. The van der Waals surface area contributed by atoms with Gasteiger partial charge in [-0.15, -0.1) is 0 Å². The monoisotopic (exact) mass is 361 g/mol. The Balaban J connectivity index is 2.36. The molecular formula is C20H32BNO4. The number of nitrogens with zero attached hydrogens (tertiary/aromatic N) is 1. The number of hydrogen-bond acceptors (Lipinski definition) is 4. The van der Waals surface area contributed by atoms with Gasteiger partial charge in [0.2, 0.25) is 0 Å². The van der Waals surface area contributed by atoms with Crippen molar-refractivity contribution in [2.45, 2.75) is 78.7 Å². The Morgan fingerprint density at radius 1 is 1.04 bits per heavy atom. The van der Waals surface area contributed by atoms with E-state index in [4.69, 9.17) is 14.0 Å². The van der Waals surface area contributed by atoms with Gasteiger partial charge >= 0.3 is 7.12 Å². The number of hydrogen-bond donors (Lipinski definition) is 0. The third-order valence-electron chi connectivity index (χ3n) is 5.33. The van der Waals surface area contributed by atoms with Crippen molar-refractivity contribution in [2.24, 2.45) is 0 Å². The molecule has 1 heterocycles. The molecule has 0 bridgehead atoms. The summed E-state index contributed by atoms with van der Waals surface area (Å²) in [5.74, 6) is 0.501. The van der Waals surface area contributed by atoms with Crippen LogP contribution >= 0.6 is 0 Å². The van der Waals surface area contributed by atoms with Gasteiger partial charge in [0.15, 0.2) is 0 Å². The van der Waals surface area contributed by atoms with E-state index in [9.17, 15) is 4.79 Å². The van der Waals surface area contributed by atoms with Gasteiger partial charge in [-0.2, -0.15) is 0 Å². The van der Waals surface area contributed by atoms with Crippen LogP contribution in [-0.4, -0.2) is 48.3 Å². The maximum Gasteiger partial charge on any atom is 0.494 e. The highest BCUT2D eigenvalue weighted by atomic mass is 16.7. The van der Waals surface area contributed by atoms with E-state index in [1.807, 2.05) is 72.4 Å². The highest BCUT2D eigenvalue weighted by Gasteiger charge is 2.51. The quantitative estimate of drug-likeness (QED) is 0.756. The van der Waals surface area contributed by atoms with E-state index < -0.39 is 18.3 Å². The molecule has 0 spiro atoms. The van der Waals surface area contributed by atoms with Crippen LogP contribution in [0.3, 0.4) is 0 Å². The van der Waals surface area contributed by atoms with Crippen molar-refractivity contribution in [3.63, 3.8) is 0 Å². The highest BCUT2D eigenvalue weighted by molar-refractivity contribution is 6.62. The topological polar surface area (TPSA) is 48.0 Å². The smallest absolute Gasteiger partial charge is 0.494 e. The molecule has 5 nitrogen and oxygen atoms in total. The molecule has 1 aromatic rings. The molecule has 26 heavy (non-hydrogen) atoms. The van der Waals surface area contributed by atoms with Crippen molar-refractivity contribution in [1.29, 1.82) is 0 Å². The number of benzene rings is 1. The van der Waals surface area contributed by atoms with Gasteiger partial charge in [0.05, 0.1) is 23.9 Å². The Hall–Kier alpha value is -1.53. The maximum atomic E-state index is 13.0. The Morgan fingerprint density at radius 3 is 1.96 bits per heavy atom. The minimum absolute atomic E-state index is 0.0349. The van der Waals surface area contributed by atoms with Crippen molar-refractivity contribution in [1.82, 2.24) is 4.90 Å². The molecule has 0 atom stereocenters. The summed E-state index contributed by atoms with van der Waals surface area (Å²) in [4.78, 5) is 14.9. The zero-order valence-electron chi connectivity index (χ0n) is 17.5. The fraction of sp³-hybridized carbons (Fsp3) is 0.650. The average Bonchev–Trinajstić information content (AvgIpc) is 2.74. The van der Waals surface area contributed by atoms with Crippen LogP contribution in [0.1, 0.15) is 65.7 Å². The third kappa shape index (κ3) is 3.76. The maximum absolute atomic E-state index is 13.0. The molecule has 2 rings (SSSR count). The van der Waals surface area contributed by atoms with Gasteiger partial charge in [0.1, 0.15) is 5.75 Å². The zero-order valence-corrected chi connectivity index (χ0v) is 17.5. The van der Waals surface area contributed by atoms with Crippen molar-refractivity contribution < 1.29 is 18.8 Å². The Morgan fingerprint density at radius 2 is 1.54 bits per heavy atom. The molecule has 1 aliphatic rings. The normalized spacial score (nSPS) is 18.5. The first kappa shape index (κ1) is 20.8. The summed E-state index contributed by atoms with van der Waals surface area (Å²) in [5.41, 5.74) is 0.574. The van der Waals surface area contributed by atoms with Crippen molar-refractivity contribution in [3.8, 4) is 5.75 Å². The predicted molar refractivity (Wildman–Crippen MR) is 105 cm³/mol. The van der Waals surface area contributed by atoms with E-state index in [2.05, 4.69) is 0 Å². The van der Waals surface area contributed by atoms with Gasteiger partial charge in [-0.1, -0.05) is 6.07 Å². The first-order valence-corrected chi connectivity index (χ1v) is 9.27. The Kier molecular flexibility index (Phi) is 5.79. The molecular weight excluding hydrogens is 329 g/mol. The number of ether oxygens (including phenoxy) is 1. The number of rotatable bonds is 5. The lowest BCUT2D eigenvalue weighted by Crippen LogP contribution is -2.42. The van der Waals surface area contributed by atoms with E-state index in [1.54, 1.807) is 13.2 Å². The van der Waals surface area contributed by atoms with Crippen molar-refractivity contribution in [2.75, 3.05) is 7.11 Å². The predicted octanol–water partition coefficient (Wildman–Crippen LogP) is 3.25. The van der Waals surface area contributed by atoms with Gasteiger partial charge < -0.3 is 18.9 Å². The van der Waals surface area contributed by atoms with Gasteiger partial charge in [-0.05, 0) is 73.0 Å². The van der Waals surface area contributed by atoms with Gasteiger partial charge in [0.25, 0.3) is 5.91 Å². The Bertz CT molecular complexity index is 646. The molecule has 6 heteroatoms. The molecule has 1 aromatic carbocycles. The van der Waals surface area contributed by atoms with Crippen LogP contribution in [0.15, 0.2) is 18.2 Å². The molecule has 0 N–H and O–H groups in total. The molecule has 144 valence electrons. The molecule has 1 saturated heterocycles. The third-order valence-corrected chi connectivity index (χ3v) is 5.33. The van der Waals surface area contributed by atoms with Gasteiger partial charge in [0, 0.05) is 12.1 Å². The summed E-state index contributed by atoms with van der Waals surface area (Å²) in [6.45, 7) is 16.1. The largest absolute Gasteiger partial charge is 0.496 e. The standard InChI is InChI=1S/C20H32BNO4/c1-13(2)22(14(3)4)18(23)16-11-10-15(12-17(16)24-9)21-25-19(5,6)20(7,8)26-21/h10-14H,1-9H3. The second-order valence-corrected chi connectivity index (χ2v) is 8.45. The number of carbonyl (C=O) groups is 1. The van der Waals surface area contributed by atoms with Gasteiger partial charge in [-0.25, -0.2) is 0 Å². The summed E-state index contributed by atoms with van der Waals surface area (Å²) in [6.07, 6.45) is 0. The lowest BCUT2D eigenvalue weighted by Gasteiger charge is -2.32. The van der Waals surface area contributed by atoms with Crippen LogP contribution in [0.2, 0.25) is 0 Å². The first-order valence-electron chi connectivity index (χ1n) is 9.27. The summed E-state index contributed by atoms with van der Waals surface area (Å²) in [5, 5.41) is 0. The molecule has 0 radical (unpaired) electrons. The number of methoxy groups -OCH3 is 1. The summed E-state index contributed by atoms with van der Waals surface area (Å²) >= 11 is 0. The molecule has 0 unspecified atom stereocenters. The minimum atomic E-state index is -0.482. The van der Waals surface area contributed by atoms with Gasteiger partial charge in [-0.3, -0.25) is 4.79 Å². The summed E-state index contributed by atoms with van der Waals surface area (Å²) < 4.78 is 17.7. The zero-order chi connectivity index (χ0) is 19.9. The first-order chi connectivity index (χ1) is 11.9. The number of amides is 1. The molecule has 0 aromatic heterocycles. The van der Waals surface area contributed by atoms with E-state index in [0.29, 0.717) is 11.3 Å². The lowest BCUT2D eigenvalue weighted by atomic mass is 9.78. The van der Waals surface area contributed by atoms with Crippen LogP contribution in [0.4, 0.5) is 0 Å². The SMILES string of the molecule is COc1cc(B2OC(C)(C)C(C)(C)O2)ccc1C(=O)N(C(C)C)C(C)C. The molecule has 0 aliphatic carbocycles.